The van der Waals surface area contributed by atoms with Crippen molar-refractivity contribution in [2.45, 2.75) is 40.3 Å². The van der Waals surface area contributed by atoms with Crippen LogP contribution < -0.4 is 0 Å². The number of amides is 1. The van der Waals surface area contributed by atoms with E-state index in [0.29, 0.717) is 0 Å². The largest absolute Gasteiger partial charge is 0.343 e. The molecular formula is C21H29N3O. The van der Waals surface area contributed by atoms with Gasteiger partial charge in [-0.25, -0.2) is 0 Å². The van der Waals surface area contributed by atoms with Gasteiger partial charge < -0.3 is 9.47 Å². The average Bonchev–Trinajstić information content (AvgIpc) is 2.92. The highest BCUT2D eigenvalue weighted by Crippen LogP contribution is 2.24. The zero-order valence-electron chi connectivity index (χ0n) is 15.9. The Bertz CT molecular complexity index is 758. The topological polar surface area (TPSA) is 28.5 Å². The fourth-order valence-corrected chi connectivity index (χ4v) is 3.84. The van der Waals surface area contributed by atoms with Gasteiger partial charge >= 0.3 is 0 Å². The second kappa shape index (κ2) is 7.44. The quantitative estimate of drug-likeness (QED) is 0.835. The molecule has 1 amide bonds. The highest BCUT2D eigenvalue weighted by Gasteiger charge is 2.25. The van der Waals surface area contributed by atoms with Crippen molar-refractivity contribution < 1.29 is 4.79 Å². The van der Waals surface area contributed by atoms with Gasteiger partial charge in [0.15, 0.2) is 0 Å². The Hall–Kier alpha value is -2.07. The molecule has 2 aromatic rings. The molecule has 1 aromatic carbocycles. The molecule has 0 N–H and O–H groups in total. The minimum absolute atomic E-state index is 0.145. The lowest BCUT2D eigenvalue weighted by Crippen LogP contribution is -2.32. The van der Waals surface area contributed by atoms with E-state index in [9.17, 15) is 4.79 Å². The molecule has 1 aliphatic heterocycles. The van der Waals surface area contributed by atoms with Crippen molar-refractivity contribution >= 4 is 5.91 Å². The number of aryl methyl sites for hydroxylation is 1. The molecule has 1 aromatic heterocycles. The molecule has 0 unspecified atom stereocenters. The Morgan fingerprint density at radius 1 is 1.20 bits per heavy atom. The zero-order valence-corrected chi connectivity index (χ0v) is 15.9. The normalized spacial score (nSPS) is 14.4. The minimum atomic E-state index is 0.145. The number of aromatic nitrogens is 1. The van der Waals surface area contributed by atoms with E-state index >= 15 is 0 Å². The molecule has 0 saturated heterocycles. The van der Waals surface area contributed by atoms with Gasteiger partial charge in [-0.05, 0) is 38.0 Å². The molecule has 25 heavy (non-hydrogen) atoms. The fourth-order valence-electron chi connectivity index (χ4n) is 3.84. The molecule has 0 aliphatic carbocycles. The molecule has 0 fully saturated rings. The molecule has 0 radical (unpaired) electrons. The Kier molecular flexibility index (Phi) is 5.28. The van der Waals surface area contributed by atoms with Crippen LogP contribution in [-0.2, 0) is 26.6 Å². The van der Waals surface area contributed by atoms with Crippen LogP contribution in [0.25, 0.3) is 0 Å². The lowest BCUT2D eigenvalue weighted by molar-refractivity contribution is 0.0763. The van der Waals surface area contributed by atoms with Crippen LogP contribution in [0.2, 0.25) is 0 Å². The van der Waals surface area contributed by atoms with Crippen molar-refractivity contribution in [1.82, 2.24) is 14.4 Å². The molecule has 0 bridgehead atoms. The standard InChI is InChI=1S/C21H29N3O/c1-5-24(6-2)21(25)20-13-18-15-23(11-10-19(18)22(20)4)14-17-9-7-8-16(3)12-17/h7-9,12-13H,5-6,10-11,14-15H2,1-4H3. The van der Waals surface area contributed by atoms with Gasteiger partial charge in [-0.2, -0.15) is 0 Å². The van der Waals surface area contributed by atoms with E-state index in [0.717, 1.165) is 44.8 Å². The van der Waals surface area contributed by atoms with Crippen molar-refractivity contribution in [2.75, 3.05) is 19.6 Å². The summed E-state index contributed by atoms with van der Waals surface area (Å²) in [4.78, 5) is 17.1. The van der Waals surface area contributed by atoms with Crippen molar-refractivity contribution in [3.8, 4) is 0 Å². The fraction of sp³-hybridized carbons (Fsp3) is 0.476. The third-order valence-electron chi connectivity index (χ3n) is 5.27. The highest BCUT2D eigenvalue weighted by molar-refractivity contribution is 5.93. The van der Waals surface area contributed by atoms with Crippen molar-refractivity contribution in [2.24, 2.45) is 7.05 Å². The van der Waals surface area contributed by atoms with E-state index in [-0.39, 0.29) is 5.91 Å². The van der Waals surface area contributed by atoms with Gasteiger partial charge in [0.2, 0.25) is 0 Å². The van der Waals surface area contributed by atoms with E-state index in [1.165, 1.54) is 22.4 Å². The van der Waals surface area contributed by atoms with Crippen LogP contribution >= 0.6 is 0 Å². The predicted molar refractivity (Wildman–Crippen MR) is 102 cm³/mol. The number of nitrogens with zero attached hydrogens (tertiary/aromatic N) is 3. The monoisotopic (exact) mass is 339 g/mol. The summed E-state index contributed by atoms with van der Waals surface area (Å²) >= 11 is 0. The van der Waals surface area contributed by atoms with E-state index in [2.05, 4.69) is 46.7 Å². The smallest absolute Gasteiger partial charge is 0.270 e. The van der Waals surface area contributed by atoms with Crippen LogP contribution in [0.5, 0.6) is 0 Å². The number of hydrogen-bond donors (Lipinski definition) is 0. The molecule has 4 heteroatoms. The number of benzene rings is 1. The Labute approximate surface area is 151 Å². The number of hydrogen-bond acceptors (Lipinski definition) is 2. The summed E-state index contributed by atoms with van der Waals surface area (Å²) in [6.07, 6.45) is 1.00. The first-order chi connectivity index (χ1) is 12.0. The molecule has 0 spiro atoms. The van der Waals surface area contributed by atoms with Gasteiger partial charge in [0, 0.05) is 51.9 Å². The summed E-state index contributed by atoms with van der Waals surface area (Å²) in [5.41, 5.74) is 6.11. The zero-order chi connectivity index (χ0) is 18.0. The van der Waals surface area contributed by atoms with Crippen molar-refractivity contribution in [3.63, 3.8) is 0 Å². The summed E-state index contributed by atoms with van der Waals surface area (Å²) in [6.45, 7) is 10.6. The summed E-state index contributed by atoms with van der Waals surface area (Å²) in [5, 5.41) is 0. The first-order valence-corrected chi connectivity index (χ1v) is 9.28. The van der Waals surface area contributed by atoms with Gasteiger partial charge in [-0.3, -0.25) is 9.69 Å². The third kappa shape index (κ3) is 3.64. The molecular weight excluding hydrogens is 310 g/mol. The third-order valence-corrected chi connectivity index (χ3v) is 5.27. The van der Waals surface area contributed by atoms with Crippen LogP contribution in [0.4, 0.5) is 0 Å². The summed E-state index contributed by atoms with van der Waals surface area (Å²) in [6, 6.07) is 10.8. The summed E-state index contributed by atoms with van der Waals surface area (Å²) < 4.78 is 2.11. The number of carbonyl (C=O) groups is 1. The minimum Gasteiger partial charge on any atom is -0.343 e. The Morgan fingerprint density at radius 2 is 1.96 bits per heavy atom. The van der Waals surface area contributed by atoms with Crippen LogP contribution in [0.3, 0.4) is 0 Å². The predicted octanol–water partition coefficient (Wildman–Crippen LogP) is 3.37. The van der Waals surface area contributed by atoms with E-state index < -0.39 is 0 Å². The molecule has 0 atom stereocenters. The van der Waals surface area contributed by atoms with Crippen LogP contribution in [0.1, 0.15) is 46.7 Å². The lowest BCUT2D eigenvalue weighted by atomic mass is 10.1. The maximum Gasteiger partial charge on any atom is 0.270 e. The second-order valence-corrected chi connectivity index (χ2v) is 6.99. The maximum atomic E-state index is 12.7. The lowest BCUT2D eigenvalue weighted by Gasteiger charge is -2.27. The van der Waals surface area contributed by atoms with Gasteiger partial charge in [-0.15, -0.1) is 0 Å². The molecule has 1 aliphatic rings. The Morgan fingerprint density at radius 3 is 2.64 bits per heavy atom. The molecule has 3 rings (SSSR count). The number of fused-ring (bicyclic) bond motifs is 1. The van der Waals surface area contributed by atoms with Gasteiger partial charge in [-0.1, -0.05) is 29.8 Å². The molecule has 2 heterocycles. The van der Waals surface area contributed by atoms with Crippen LogP contribution in [-0.4, -0.2) is 39.9 Å². The van der Waals surface area contributed by atoms with Crippen LogP contribution in [0.15, 0.2) is 30.3 Å². The summed E-state index contributed by atoms with van der Waals surface area (Å²) in [5.74, 6) is 0.145. The SMILES string of the molecule is CCN(CC)C(=O)c1cc2c(n1C)CCN(Cc1cccc(C)c1)C2. The van der Waals surface area contributed by atoms with Crippen molar-refractivity contribution in [1.29, 1.82) is 0 Å². The van der Waals surface area contributed by atoms with Gasteiger partial charge in [0.1, 0.15) is 5.69 Å². The number of rotatable bonds is 5. The first-order valence-electron chi connectivity index (χ1n) is 9.28. The van der Waals surface area contributed by atoms with Crippen molar-refractivity contribution in [3.05, 3.63) is 58.4 Å². The second-order valence-electron chi connectivity index (χ2n) is 6.99. The molecule has 4 nitrogen and oxygen atoms in total. The maximum absolute atomic E-state index is 12.7. The van der Waals surface area contributed by atoms with Crippen LogP contribution in [0, 0.1) is 6.92 Å². The first kappa shape index (κ1) is 17.7. The van der Waals surface area contributed by atoms with Gasteiger partial charge in [0.05, 0.1) is 0 Å². The Balaban J connectivity index is 1.77. The number of carbonyl (C=O) groups excluding carboxylic acids is 1. The molecule has 0 saturated carbocycles. The highest BCUT2D eigenvalue weighted by atomic mass is 16.2. The summed E-state index contributed by atoms with van der Waals surface area (Å²) in [7, 11) is 2.03. The van der Waals surface area contributed by atoms with E-state index in [4.69, 9.17) is 0 Å². The van der Waals surface area contributed by atoms with E-state index in [1.807, 2.05) is 25.8 Å². The molecule has 134 valence electrons. The average molecular weight is 339 g/mol. The van der Waals surface area contributed by atoms with Gasteiger partial charge in [0.25, 0.3) is 5.91 Å². The van der Waals surface area contributed by atoms with E-state index in [1.54, 1.807) is 0 Å².